The second kappa shape index (κ2) is 7.69. The highest BCUT2D eigenvalue weighted by Crippen LogP contribution is 2.23. The van der Waals surface area contributed by atoms with Crippen LogP contribution in [0, 0.1) is 0 Å². The molecule has 8 nitrogen and oxygen atoms in total. The van der Waals surface area contributed by atoms with Gasteiger partial charge in [-0.05, 0) is 17.2 Å². The van der Waals surface area contributed by atoms with Crippen molar-refractivity contribution in [1.82, 2.24) is 30.9 Å². The normalized spacial score (nSPS) is 12.0. The SMILES string of the molecule is O=C(N[C@@H](Cc1c[nH]c2ccccc12)c1nn[nH]n1)OCc1ccccc1. The van der Waals surface area contributed by atoms with Gasteiger partial charge in [-0.2, -0.15) is 5.21 Å². The van der Waals surface area contributed by atoms with Crippen LogP contribution in [-0.2, 0) is 17.8 Å². The van der Waals surface area contributed by atoms with Gasteiger partial charge in [0.05, 0.1) is 0 Å². The van der Waals surface area contributed by atoms with Crippen LogP contribution >= 0.6 is 0 Å². The van der Waals surface area contributed by atoms with E-state index >= 15 is 0 Å². The first-order valence-electron chi connectivity index (χ1n) is 8.55. The number of nitrogens with one attached hydrogen (secondary N) is 3. The lowest BCUT2D eigenvalue weighted by Gasteiger charge is -2.15. The predicted molar refractivity (Wildman–Crippen MR) is 98.7 cm³/mol. The highest BCUT2D eigenvalue weighted by molar-refractivity contribution is 5.83. The number of para-hydroxylation sites is 1. The molecule has 4 rings (SSSR count). The zero-order valence-electron chi connectivity index (χ0n) is 14.4. The van der Waals surface area contributed by atoms with E-state index in [-0.39, 0.29) is 6.61 Å². The molecule has 0 radical (unpaired) electrons. The Morgan fingerprint density at radius 3 is 2.74 bits per heavy atom. The standard InChI is InChI=1S/C19H18N6O2/c26-19(27-12-13-6-2-1-3-7-13)21-17(18-22-24-25-23-18)10-14-11-20-16-9-5-4-8-15(14)16/h1-9,11,17,20H,10,12H2,(H,21,26)(H,22,23,24,25)/t17-/m0/s1. The second-order valence-electron chi connectivity index (χ2n) is 6.09. The van der Waals surface area contributed by atoms with Crippen LogP contribution in [0.15, 0.2) is 60.8 Å². The van der Waals surface area contributed by atoms with Crippen LogP contribution in [0.5, 0.6) is 0 Å². The Morgan fingerprint density at radius 1 is 1.11 bits per heavy atom. The summed E-state index contributed by atoms with van der Waals surface area (Å²) in [5, 5.41) is 18.0. The van der Waals surface area contributed by atoms with Crippen LogP contribution in [0.4, 0.5) is 4.79 Å². The number of carbonyl (C=O) groups excluding carboxylic acids is 1. The minimum Gasteiger partial charge on any atom is -0.445 e. The predicted octanol–water partition coefficient (Wildman–Crippen LogP) is 2.89. The lowest BCUT2D eigenvalue weighted by molar-refractivity contribution is 0.135. The van der Waals surface area contributed by atoms with Crippen molar-refractivity contribution in [1.29, 1.82) is 0 Å². The maximum absolute atomic E-state index is 12.3. The molecule has 0 aliphatic rings. The van der Waals surface area contributed by atoms with E-state index in [4.69, 9.17) is 4.74 Å². The van der Waals surface area contributed by atoms with Crippen LogP contribution in [0.25, 0.3) is 10.9 Å². The molecule has 8 heteroatoms. The first kappa shape index (κ1) is 16.8. The van der Waals surface area contributed by atoms with Gasteiger partial charge in [-0.3, -0.25) is 0 Å². The van der Waals surface area contributed by atoms with Gasteiger partial charge < -0.3 is 15.0 Å². The van der Waals surface area contributed by atoms with E-state index in [0.29, 0.717) is 12.2 Å². The van der Waals surface area contributed by atoms with Crippen molar-refractivity contribution in [3.63, 3.8) is 0 Å². The van der Waals surface area contributed by atoms with Gasteiger partial charge in [-0.25, -0.2) is 4.79 Å². The number of ether oxygens (including phenoxy) is 1. The lowest BCUT2D eigenvalue weighted by Crippen LogP contribution is -2.31. The van der Waals surface area contributed by atoms with Crippen LogP contribution in [0.1, 0.15) is 23.0 Å². The second-order valence-corrected chi connectivity index (χ2v) is 6.09. The molecule has 2 heterocycles. The van der Waals surface area contributed by atoms with Crippen molar-refractivity contribution >= 4 is 17.0 Å². The average Bonchev–Trinajstić information content (AvgIpc) is 3.37. The molecule has 0 saturated carbocycles. The smallest absolute Gasteiger partial charge is 0.408 e. The molecular weight excluding hydrogens is 344 g/mol. The fourth-order valence-electron chi connectivity index (χ4n) is 2.95. The first-order chi connectivity index (χ1) is 13.3. The number of benzene rings is 2. The molecule has 0 bridgehead atoms. The number of nitrogens with zero attached hydrogens (tertiary/aromatic N) is 3. The van der Waals surface area contributed by atoms with Crippen LogP contribution in [-0.4, -0.2) is 31.7 Å². The summed E-state index contributed by atoms with van der Waals surface area (Å²) >= 11 is 0. The molecule has 27 heavy (non-hydrogen) atoms. The molecule has 0 unspecified atom stereocenters. The van der Waals surface area contributed by atoms with Crippen molar-refractivity contribution in [3.05, 3.63) is 77.7 Å². The third kappa shape index (κ3) is 3.95. The van der Waals surface area contributed by atoms with E-state index in [1.807, 2.05) is 60.8 Å². The quantitative estimate of drug-likeness (QED) is 0.489. The zero-order chi connectivity index (χ0) is 18.5. The average molecular weight is 362 g/mol. The lowest BCUT2D eigenvalue weighted by atomic mass is 10.0. The number of alkyl carbamates (subject to hydrolysis) is 1. The number of H-pyrrole nitrogens is 2. The van der Waals surface area contributed by atoms with E-state index in [9.17, 15) is 4.79 Å². The number of rotatable bonds is 6. The number of hydrogen-bond donors (Lipinski definition) is 3. The Kier molecular flexibility index (Phi) is 4.78. The summed E-state index contributed by atoms with van der Waals surface area (Å²) < 4.78 is 5.32. The molecule has 2 aromatic heterocycles. The van der Waals surface area contributed by atoms with E-state index in [2.05, 4.69) is 30.9 Å². The molecule has 4 aromatic rings. The molecule has 136 valence electrons. The third-order valence-electron chi connectivity index (χ3n) is 4.28. The monoisotopic (exact) mass is 362 g/mol. The van der Waals surface area contributed by atoms with Crippen LogP contribution < -0.4 is 5.32 Å². The van der Waals surface area contributed by atoms with Crippen LogP contribution in [0.3, 0.4) is 0 Å². The molecule has 3 N–H and O–H groups in total. The maximum atomic E-state index is 12.3. The third-order valence-corrected chi connectivity index (χ3v) is 4.28. The van der Waals surface area contributed by atoms with Crippen molar-refractivity contribution in [3.8, 4) is 0 Å². The van der Waals surface area contributed by atoms with Gasteiger partial charge in [0.1, 0.15) is 12.6 Å². The summed E-state index contributed by atoms with van der Waals surface area (Å²) in [6.07, 6.45) is 1.90. The minimum atomic E-state index is -0.534. The van der Waals surface area contributed by atoms with Gasteiger partial charge >= 0.3 is 6.09 Å². The summed E-state index contributed by atoms with van der Waals surface area (Å²) in [6.45, 7) is 0.193. The summed E-state index contributed by atoms with van der Waals surface area (Å²) in [5.74, 6) is 0.400. The number of aromatic amines is 2. The number of carbonyl (C=O) groups is 1. The Hall–Kier alpha value is -3.68. The van der Waals surface area contributed by atoms with Gasteiger partial charge in [0.2, 0.25) is 0 Å². The first-order valence-corrected chi connectivity index (χ1v) is 8.55. The summed E-state index contributed by atoms with van der Waals surface area (Å²) in [5.41, 5.74) is 3.00. The molecular formula is C19H18N6O2. The van der Waals surface area contributed by atoms with Crippen molar-refractivity contribution in [2.75, 3.05) is 0 Å². The minimum absolute atomic E-state index is 0.193. The number of amides is 1. The van der Waals surface area contributed by atoms with Crippen molar-refractivity contribution in [2.45, 2.75) is 19.1 Å². The number of hydrogen-bond acceptors (Lipinski definition) is 5. The van der Waals surface area contributed by atoms with Gasteiger partial charge in [0.25, 0.3) is 0 Å². The van der Waals surface area contributed by atoms with Crippen LogP contribution in [0.2, 0.25) is 0 Å². The Labute approximate surface area is 154 Å². The van der Waals surface area contributed by atoms with E-state index in [1.54, 1.807) is 0 Å². The molecule has 1 amide bonds. The molecule has 0 fully saturated rings. The number of aromatic nitrogens is 5. The number of fused-ring (bicyclic) bond motifs is 1. The van der Waals surface area contributed by atoms with Gasteiger partial charge in [0, 0.05) is 23.5 Å². The zero-order valence-corrected chi connectivity index (χ0v) is 14.4. The molecule has 0 spiro atoms. The molecule has 0 saturated heterocycles. The Morgan fingerprint density at radius 2 is 1.93 bits per heavy atom. The summed E-state index contributed by atoms with van der Waals surface area (Å²) in [7, 11) is 0. The Bertz CT molecular complexity index is 1010. The van der Waals surface area contributed by atoms with Gasteiger partial charge in [0.15, 0.2) is 5.82 Å². The molecule has 0 aliphatic heterocycles. The van der Waals surface area contributed by atoms with Crippen molar-refractivity contribution in [2.24, 2.45) is 0 Å². The van der Waals surface area contributed by atoms with Crippen molar-refractivity contribution < 1.29 is 9.53 Å². The largest absolute Gasteiger partial charge is 0.445 e. The highest BCUT2D eigenvalue weighted by Gasteiger charge is 2.21. The maximum Gasteiger partial charge on any atom is 0.408 e. The van der Waals surface area contributed by atoms with E-state index in [0.717, 1.165) is 22.0 Å². The molecule has 0 aliphatic carbocycles. The summed E-state index contributed by atoms with van der Waals surface area (Å²) in [4.78, 5) is 15.5. The highest BCUT2D eigenvalue weighted by atomic mass is 16.5. The van der Waals surface area contributed by atoms with Gasteiger partial charge in [-0.1, -0.05) is 53.7 Å². The molecule has 2 aromatic carbocycles. The topological polar surface area (TPSA) is 109 Å². The van der Waals surface area contributed by atoms with E-state index in [1.165, 1.54) is 0 Å². The fraction of sp³-hybridized carbons (Fsp3) is 0.158. The fourth-order valence-corrected chi connectivity index (χ4v) is 2.95. The molecule has 1 atom stereocenters. The van der Waals surface area contributed by atoms with E-state index < -0.39 is 12.1 Å². The van der Waals surface area contributed by atoms with Gasteiger partial charge in [-0.15, -0.1) is 10.2 Å². The number of tetrazole rings is 1. The summed E-state index contributed by atoms with van der Waals surface area (Å²) in [6, 6.07) is 17.0. The Balaban J connectivity index is 1.47.